The predicted octanol–water partition coefficient (Wildman–Crippen LogP) is 3.17. The lowest BCUT2D eigenvalue weighted by atomic mass is 9.91. The number of nitrogens with zero attached hydrogens (tertiary/aromatic N) is 2. The van der Waals surface area contributed by atoms with Crippen LogP contribution in [0.4, 0.5) is 18.0 Å². The SMILES string of the molecule is NC(=O)c1cc(CC2[C@H]3C[C@@H](Oc4cccc(C(F)(F)F)c4)C[C@H]3CN2C(=O)O)on1. The number of alkyl halides is 3. The van der Waals surface area contributed by atoms with Crippen LogP contribution < -0.4 is 10.5 Å². The summed E-state index contributed by atoms with van der Waals surface area (Å²) >= 11 is 0. The average molecular weight is 439 g/mol. The molecule has 0 bridgehead atoms. The van der Waals surface area contributed by atoms with E-state index in [-0.39, 0.29) is 35.8 Å². The van der Waals surface area contributed by atoms with Crippen LogP contribution in [0.2, 0.25) is 0 Å². The van der Waals surface area contributed by atoms with Crippen LogP contribution >= 0.6 is 0 Å². The van der Waals surface area contributed by atoms with Gasteiger partial charge in [0, 0.05) is 25.1 Å². The molecule has 2 fully saturated rings. The molecule has 4 atom stereocenters. The van der Waals surface area contributed by atoms with Crippen molar-refractivity contribution in [1.29, 1.82) is 0 Å². The van der Waals surface area contributed by atoms with E-state index in [0.29, 0.717) is 25.1 Å². The van der Waals surface area contributed by atoms with E-state index in [9.17, 15) is 27.9 Å². The van der Waals surface area contributed by atoms with Gasteiger partial charge in [0.1, 0.15) is 11.5 Å². The molecular formula is C20H20F3N3O5. The number of primary amides is 1. The standard InChI is InChI=1S/C20H20F3N3O5/c21-20(22,23)11-2-1-3-12(5-11)30-13-4-10-9-26(19(28)29)17(15(10)6-13)8-14-7-16(18(24)27)25-31-14/h1-3,5,7,10,13,15,17H,4,6,8-9H2,(H2,24,27)(H,28,29)/t10-,13-,15-,17?/m0/s1. The van der Waals surface area contributed by atoms with Gasteiger partial charge in [0.2, 0.25) is 0 Å². The van der Waals surface area contributed by atoms with Crippen molar-refractivity contribution >= 4 is 12.0 Å². The number of halogens is 3. The maximum Gasteiger partial charge on any atom is 0.416 e. The number of likely N-dealkylation sites (tertiary alicyclic amines) is 1. The van der Waals surface area contributed by atoms with Gasteiger partial charge in [-0.3, -0.25) is 4.79 Å². The van der Waals surface area contributed by atoms with E-state index in [4.69, 9.17) is 15.0 Å². The van der Waals surface area contributed by atoms with Gasteiger partial charge in [-0.2, -0.15) is 13.2 Å². The predicted molar refractivity (Wildman–Crippen MR) is 99.3 cm³/mol. The van der Waals surface area contributed by atoms with Gasteiger partial charge < -0.3 is 25.0 Å². The van der Waals surface area contributed by atoms with Crippen LogP contribution in [0.15, 0.2) is 34.9 Å². The van der Waals surface area contributed by atoms with E-state index in [1.165, 1.54) is 23.1 Å². The lowest BCUT2D eigenvalue weighted by Crippen LogP contribution is -2.39. The Morgan fingerprint density at radius 2 is 2.06 bits per heavy atom. The van der Waals surface area contributed by atoms with Crippen LogP contribution in [0.25, 0.3) is 0 Å². The number of carbonyl (C=O) groups excluding carboxylic acids is 1. The first-order valence-electron chi connectivity index (χ1n) is 9.70. The maximum absolute atomic E-state index is 12.9. The van der Waals surface area contributed by atoms with Crippen molar-refractivity contribution in [3.8, 4) is 5.75 Å². The van der Waals surface area contributed by atoms with Crippen molar-refractivity contribution in [2.45, 2.75) is 37.6 Å². The minimum absolute atomic E-state index is 0.00966. The van der Waals surface area contributed by atoms with Crippen molar-refractivity contribution in [1.82, 2.24) is 10.1 Å². The van der Waals surface area contributed by atoms with Crippen LogP contribution in [-0.4, -0.2) is 45.9 Å². The van der Waals surface area contributed by atoms with Crippen LogP contribution in [-0.2, 0) is 12.6 Å². The van der Waals surface area contributed by atoms with Crippen LogP contribution in [0.5, 0.6) is 5.75 Å². The molecule has 2 amide bonds. The number of hydrogen-bond donors (Lipinski definition) is 2. The number of carbonyl (C=O) groups is 2. The molecule has 1 unspecified atom stereocenters. The second-order valence-corrected chi connectivity index (χ2v) is 7.91. The molecular weight excluding hydrogens is 419 g/mol. The fraction of sp³-hybridized carbons (Fsp3) is 0.450. The first-order chi connectivity index (χ1) is 14.6. The zero-order valence-electron chi connectivity index (χ0n) is 16.2. The van der Waals surface area contributed by atoms with Crippen molar-refractivity contribution in [2.24, 2.45) is 17.6 Å². The molecule has 2 aromatic rings. The topological polar surface area (TPSA) is 119 Å². The zero-order chi connectivity index (χ0) is 22.3. The number of hydrogen-bond acceptors (Lipinski definition) is 5. The fourth-order valence-electron chi connectivity index (χ4n) is 4.65. The fourth-order valence-corrected chi connectivity index (χ4v) is 4.65. The van der Waals surface area contributed by atoms with E-state index in [1.807, 2.05) is 0 Å². The minimum atomic E-state index is -4.46. The summed E-state index contributed by atoms with van der Waals surface area (Å²) in [5.41, 5.74) is 4.35. The highest BCUT2D eigenvalue weighted by Crippen LogP contribution is 2.45. The van der Waals surface area contributed by atoms with E-state index in [1.54, 1.807) is 0 Å². The zero-order valence-corrected chi connectivity index (χ0v) is 16.2. The third-order valence-corrected chi connectivity index (χ3v) is 5.96. The lowest BCUT2D eigenvalue weighted by molar-refractivity contribution is -0.137. The summed E-state index contributed by atoms with van der Waals surface area (Å²) in [6.07, 6.45) is -4.61. The summed E-state index contributed by atoms with van der Waals surface area (Å²) < 4.78 is 49.8. The Bertz CT molecular complexity index is 992. The molecule has 4 rings (SSSR count). The molecule has 31 heavy (non-hydrogen) atoms. The Hall–Kier alpha value is -3.24. The van der Waals surface area contributed by atoms with Gasteiger partial charge >= 0.3 is 12.3 Å². The van der Waals surface area contributed by atoms with Gasteiger partial charge in [0.25, 0.3) is 5.91 Å². The highest BCUT2D eigenvalue weighted by molar-refractivity contribution is 5.90. The Labute approximate surface area is 174 Å². The monoisotopic (exact) mass is 439 g/mol. The van der Waals surface area contributed by atoms with Crippen LogP contribution in [0.3, 0.4) is 0 Å². The van der Waals surface area contributed by atoms with Gasteiger partial charge in [-0.15, -0.1) is 0 Å². The van der Waals surface area contributed by atoms with E-state index in [0.717, 1.165) is 12.1 Å². The largest absolute Gasteiger partial charge is 0.490 e. The molecule has 0 spiro atoms. The van der Waals surface area contributed by atoms with Gasteiger partial charge in [-0.25, -0.2) is 4.79 Å². The molecule has 2 aliphatic rings. The highest BCUT2D eigenvalue weighted by Gasteiger charge is 2.50. The molecule has 1 aliphatic heterocycles. The van der Waals surface area contributed by atoms with Gasteiger partial charge in [0.15, 0.2) is 5.69 Å². The molecule has 1 aromatic carbocycles. The van der Waals surface area contributed by atoms with Crippen LogP contribution in [0, 0.1) is 11.8 Å². The molecule has 11 heteroatoms. The number of fused-ring (bicyclic) bond motifs is 1. The number of aromatic nitrogens is 1. The summed E-state index contributed by atoms with van der Waals surface area (Å²) in [6.45, 7) is 0.296. The number of ether oxygens (including phenoxy) is 1. The Morgan fingerprint density at radius 1 is 1.29 bits per heavy atom. The normalized spacial score (nSPS) is 25.5. The van der Waals surface area contributed by atoms with E-state index in [2.05, 4.69) is 5.16 Å². The molecule has 0 radical (unpaired) electrons. The molecule has 166 valence electrons. The van der Waals surface area contributed by atoms with Crippen LogP contribution in [0.1, 0.15) is 34.7 Å². The number of carboxylic acid groups (broad SMARTS) is 1. The maximum atomic E-state index is 12.9. The summed E-state index contributed by atoms with van der Waals surface area (Å²) in [7, 11) is 0. The Kier molecular flexibility index (Phi) is 5.28. The third-order valence-electron chi connectivity index (χ3n) is 5.96. The van der Waals surface area contributed by atoms with Crippen molar-refractivity contribution < 1.29 is 37.1 Å². The van der Waals surface area contributed by atoms with Gasteiger partial charge in [0.05, 0.1) is 11.7 Å². The number of rotatable bonds is 5. The molecule has 1 saturated carbocycles. The van der Waals surface area contributed by atoms with E-state index >= 15 is 0 Å². The lowest BCUT2D eigenvalue weighted by Gasteiger charge is -2.26. The second kappa shape index (κ2) is 7.78. The molecule has 1 saturated heterocycles. The number of nitrogens with two attached hydrogens (primary N) is 1. The molecule has 2 heterocycles. The molecule has 3 N–H and O–H groups in total. The average Bonchev–Trinajstić information content (AvgIpc) is 3.37. The first-order valence-corrected chi connectivity index (χ1v) is 9.70. The van der Waals surface area contributed by atoms with Crippen molar-refractivity contribution in [2.75, 3.05) is 6.54 Å². The van der Waals surface area contributed by atoms with Crippen molar-refractivity contribution in [3.63, 3.8) is 0 Å². The Morgan fingerprint density at radius 3 is 2.71 bits per heavy atom. The molecule has 1 aliphatic carbocycles. The van der Waals surface area contributed by atoms with Gasteiger partial charge in [-0.1, -0.05) is 11.2 Å². The number of benzene rings is 1. The summed E-state index contributed by atoms with van der Waals surface area (Å²) in [5.74, 6) is -0.324. The summed E-state index contributed by atoms with van der Waals surface area (Å²) in [5, 5.41) is 13.2. The highest BCUT2D eigenvalue weighted by atomic mass is 19.4. The molecule has 8 nitrogen and oxygen atoms in total. The minimum Gasteiger partial charge on any atom is -0.490 e. The number of amides is 2. The Balaban J connectivity index is 1.47. The quantitative estimate of drug-likeness (QED) is 0.739. The summed E-state index contributed by atoms with van der Waals surface area (Å²) in [6, 6.07) is 5.68. The van der Waals surface area contributed by atoms with Crippen molar-refractivity contribution in [3.05, 3.63) is 47.3 Å². The first kappa shape index (κ1) is 21.0. The van der Waals surface area contributed by atoms with E-state index < -0.39 is 29.8 Å². The van der Waals surface area contributed by atoms with Gasteiger partial charge in [-0.05, 0) is 42.9 Å². The molecule has 1 aromatic heterocycles. The smallest absolute Gasteiger partial charge is 0.416 e. The third kappa shape index (κ3) is 4.30. The second-order valence-electron chi connectivity index (χ2n) is 7.91. The summed E-state index contributed by atoms with van der Waals surface area (Å²) in [4.78, 5) is 24.3.